The number of nitrogens with zero attached hydrogens (tertiary/aromatic N) is 1. The summed E-state index contributed by atoms with van der Waals surface area (Å²) in [6.45, 7) is 4.70. The number of fused-ring (bicyclic) bond motifs is 9. The monoisotopic (exact) mass is 705 g/mol. The normalized spacial score (nSPS) is 13.9. The van der Waals surface area contributed by atoms with Gasteiger partial charge in [0.25, 0.3) is 0 Å². The number of furan rings is 1. The lowest BCUT2D eigenvalue weighted by Gasteiger charge is -2.28. The molecule has 0 N–H and O–H groups in total. The lowest BCUT2D eigenvalue weighted by molar-refractivity contribution is 0.660. The molecule has 2 aliphatic carbocycles. The number of benzene rings is 8. The van der Waals surface area contributed by atoms with Gasteiger partial charge in [-0.25, -0.2) is 0 Å². The van der Waals surface area contributed by atoms with E-state index >= 15 is 0 Å². The zero-order valence-electron chi connectivity index (χ0n) is 31.0. The molecular weight excluding hydrogens is 667 g/mol. The van der Waals surface area contributed by atoms with Crippen LogP contribution in [0.25, 0.3) is 72.2 Å². The van der Waals surface area contributed by atoms with Crippen LogP contribution >= 0.6 is 0 Å². The average Bonchev–Trinajstić information content (AvgIpc) is 3.72. The van der Waals surface area contributed by atoms with E-state index < -0.39 is 0 Å². The van der Waals surface area contributed by atoms with Crippen molar-refractivity contribution in [3.05, 3.63) is 192 Å². The minimum atomic E-state index is -0.114. The first-order valence-electron chi connectivity index (χ1n) is 19.4. The third-order valence-corrected chi connectivity index (χ3v) is 12.1. The Labute approximate surface area is 321 Å². The van der Waals surface area contributed by atoms with Crippen molar-refractivity contribution < 1.29 is 4.42 Å². The second-order valence-electron chi connectivity index (χ2n) is 15.6. The Morgan fingerprint density at radius 3 is 2.05 bits per heavy atom. The maximum atomic E-state index is 6.87. The third kappa shape index (κ3) is 4.95. The molecule has 0 aliphatic heterocycles. The first-order valence-corrected chi connectivity index (χ1v) is 19.4. The number of anilines is 3. The highest BCUT2D eigenvalue weighted by molar-refractivity contribution is 6.19. The van der Waals surface area contributed by atoms with Crippen LogP contribution in [0, 0.1) is 0 Å². The zero-order valence-corrected chi connectivity index (χ0v) is 31.0. The Morgan fingerprint density at radius 2 is 1.18 bits per heavy atom. The highest BCUT2D eigenvalue weighted by atomic mass is 16.3. The Bertz CT molecular complexity index is 3000. The molecule has 1 heterocycles. The molecule has 0 saturated heterocycles. The van der Waals surface area contributed by atoms with E-state index in [2.05, 4.69) is 195 Å². The first-order chi connectivity index (χ1) is 27.0. The lowest BCUT2D eigenvalue weighted by atomic mass is 9.82. The third-order valence-electron chi connectivity index (χ3n) is 12.1. The van der Waals surface area contributed by atoms with Crippen LogP contribution in [0.3, 0.4) is 0 Å². The number of aryl methyl sites for hydroxylation is 1. The fourth-order valence-electron chi connectivity index (χ4n) is 9.37. The summed E-state index contributed by atoms with van der Waals surface area (Å²) >= 11 is 0. The molecule has 8 aromatic carbocycles. The van der Waals surface area contributed by atoms with Gasteiger partial charge in [-0.2, -0.15) is 0 Å². The summed E-state index contributed by atoms with van der Waals surface area (Å²) in [6, 6.07) is 60.0. The van der Waals surface area contributed by atoms with Crippen molar-refractivity contribution in [3.63, 3.8) is 0 Å². The topological polar surface area (TPSA) is 16.4 Å². The molecule has 11 rings (SSSR count). The minimum absolute atomic E-state index is 0.114. The smallest absolute Gasteiger partial charge is 0.143 e. The van der Waals surface area contributed by atoms with E-state index in [1.54, 1.807) is 0 Å². The summed E-state index contributed by atoms with van der Waals surface area (Å²) < 4.78 is 6.87. The zero-order chi connectivity index (χ0) is 36.7. The van der Waals surface area contributed by atoms with E-state index in [-0.39, 0.29) is 5.41 Å². The molecule has 2 nitrogen and oxygen atoms in total. The SMILES string of the molecule is CC1(C)c2ccccc2-c2ccc(N(c3ccc(-c4cccc5c4C=CCC5)cc3)c3ccc4c(c3)oc3c5ccccc5c(-c5ccccc5)cc43)cc21. The standard InChI is InChI=1S/C53H39NO/c1-53(2)49-22-11-10-19-43(49)44-29-27-38(31-50(44)53)54(37-25-23-36(24-26-37)41-21-12-16-34-15-6-7-17-40(34)41)39-28-30-45-48-33-47(35-13-4-3-5-14-35)42-18-8-9-20-46(42)52(48)55-51(45)32-39/h3-5,7-14,16-33H,6,15H2,1-2H3. The number of allylic oxidation sites excluding steroid dienone is 1. The summed E-state index contributed by atoms with van der Waals surface area (Å²) in [5.74, 6) is 0. The summed E-state index contributed by atoms with van der Waals surface area (Å²) in [5, 5.41) is 4.57. The van der Waals surface area contributed by atoms with E-state index in [1.165, 1.54) is 61.0 Å². The largest absolute Gasteiger partial charge is 0.455 e. The maximum absolute atomic E-state index is 6.87. The highest BCUT2D eigenvalue weighted by Crippen LogP contribution is 2.51. The van der Waals surface area contributed by atoms with Crippen molar-refractivity contribution in [2.24, 2.45) is 0 Å². The molecule has 9 aromatic rings. The lowest BCUT2D eigenvalue weighted by Crippen LogP contribution is -2.16. The molecule has 0 saturated carbocycles. The quantitative estimate of drug-likeness (QED) is 0.177. The van der Waals surface area contributed by atoms with Gasteiger partial charge in [-0.1, -0.05) is 141 Å². The molecule has 0 atom stereocenters. The molecule has 0 amide bonds. The predicted octanol–water partition coefficient (Wildman–Crippen LogP) is 14.8. The van der Waals surface area contributed by atoms with Crippen LogP contribution < -0.4 is 4.90 Å². The Hall–Kier alpha value is -6.64. The van der Waals surface area contributed by atoms with Crippen molar-refractivity contribution >= 4 is 55.8 Å². The minimum Gasteiger partial charge on any atom is -0.455 e. The maximum Gasteiger partial charge on any atom is 0.143 e. The van der Waals surface area contributed by atoms with Gasteiger partial charge >= 0.3 is 0 Å². The van der Waals surface area contributed by atoms with Crippen LogP contribution in [0.4, 0.5) is 17.1 Å². The molecule has 262 valence electrons. The van der Waals surface area contributed by atoms with E-state index in [0.29, 0.717) is 0 Å². The van der Waals surface area contributed by atoms with Gasteiger partial charge in [0.1, 0.15) is 11.2 Å². The number of rotatable bonds is 5. The second kappa shape index (κ2) is 12.2. The van der Waals surface area contributed by atoms with Crippen LogP contribution in [0.1, 0.15) is 42.5 Å². The summed E-state index contributed by atoms with van der Waals surface area (Å²) in [6.07, 6.45) is 6.80. The van der Waals surface area contributed by atoms with Gasteiger partial charge < -0.3 is 9.32 Å². The van der Waals surface area contributed by atoms with Gasteiger partial charge in [-0.15, -0.1) is 0 Å². The van der Waals surface area contributed by atoms with Crippen LogP contribution in [-0.2, 0) is 11.8 Å². The van der Waals surface area contributed by atoms with Crippen LogP contribution in [-0.4, -0.2) is 0 Å². The fourth-order valence-corrected chi connectivity index (χ4v) is 9.37. The van der Waals surface area contributed by atoms with E-state index in [0.717, 1.165) is 57.2 Å². The van der Waals surface area contributed by atoms with Crippen LogP contribution in [0.5, 0.6) is 0 Å². The molecule has 0 spiro atoms. The molecule has 0 bridgehead atoms. The van der Waals surface area contributed by atoms with Crippen molar-refractivity contribution in [1.82, 2.24) is 0 Å². The predicted molar refractivity (Wildman–Crippen MR) is 232 cm³/mol. The summed E-state index contributed by atoms with van der Waals surface area (Å²) in [5.41, 5.74) is 18.0. The Morgan fingerprint density at radius 1 is 0.491 bits per heavy atom. The van der Waals surface area contributed by atoms with Crippen molar-refractivity contribution in [1.29, 1.82) is 0 Å². The van der Waals surface area contributed by atoms with Gasteiger partial charge in [-0.05, 0) is 116 Å². The average molecular weight is 706 g/mol. The van der Waals surface area contributed by atoms with Gasteiger partial charge in [0, 0.05) is 44.7 Å². The van der Waals surface area contributed by atoms with Crippen molar-refractivity contribution in [2.45, 2.75) is 32.1 Å². The van der Waals surface area contributed by atoms with Crippen LogP contribution in [0.15, 0.2) is 174 Å². The molecule has 0 fully saturated rings. The second-order valence-corrected chi connectivity index (χ2v) is 15.6. The van der Waals surface area contributed by atoms with Gasteiger partial charge in [-0.3, -0.25) is 0 Å². The van der Waals surface area contributed by atoms with Crippen molar-refractivity contribution in [3.8, 4) is 33.4 Å². The van der Waals surface area contributed by atoms with E-state index in [9.17, 15) is 0 Å². The fraction of sp³-hybridized carbons (Fsp3) is 0.0943. The molecule has 2 heteroatoms. The Kier molecular flexibility index (Phi) is 7.06. The first kappa shape index (κ1) is 31.8. The van der Waals surface area contributed by atoms with E-state index in [4.69, 9.17) is 4.42 Å². The molecule has 2 aliphatic rings. The van der Waals surface area contributed by atoms with Crippen molar-refractivity contribution in [2.75, 3.05) is 4.90 Å². The van der Waals surface area contributed by atoms with Gasteiger partial charge in [0.05, 0.1) is 0 Å². The molecule has 0 radical (unpaired) electrons. The Balaban J connectivity index is 1.09. The number of hydrogen-bond donors (Lipinski definition) is 0. The molecule has 55 heavy (non-hydrogen) atoms. The van der Waals surface area contributed by atoms with Gasteiger partial charge in [0.2, 0.25) is 0 Å². The van der Waals surface area contributed by atoms with E-state index in [1.807, 2.05) is 0 Å². The summed E-state index contributed by atoms with van der Waals surface area (Å²) in [7, 11) is 0. The highest BCUT2D eigenvalue weighted by Gasteiger charge is 2.35. The number of hydrogen-bond acceptors (Lipinski definition) is 2. The summed E-state index contributed by atoms with van der Waals surface area (Å²) in [4.78, 5) is 2.39. The molecule has 1 aromatic heterocycles. The molecular formula is C53H39NO. The van der Waals surface area contributed by atoms with Gasteiger partial charge in [0.15, 0.2) is 0 Å². The molecule has 0 unspecified atom stereocenters. The van der Waals surface area contributed by atoms with Crippen LogP contribution in [0.2, 0.25) is 0 Å².